The summed E-state index contributed by atoms with van der Waals surface area (Å²) in [5, 5.41) is 0.314. The second-order valence-electron chi connectivity index (χ2n) is 17.8. The van der Waals surface area contributed by atoms with Crippen LogP contribution in [0.15, 0.2) is 73.1 Å². The molecule has 2 heterocycles. The Bertz CT molecular complexity index is 2090. The van der Waals surface area contributed by atoms with Gasteiger partial charge in [-0.05, 0) is 62.4 Å². The molecular weight excluding hydrogens is 877 g/mol. The third-order valence-corrected chi connectivity index (χ3v) is 11.7. The Morgan fingerprint density at radius 2 is 1.15 bits per heavy atom. The van der Waals surface area contributed by atoms with Crippen molar-refractivity contribution in [2.45, 2.75) is 118 Å². The average Bonchev–Trinajstić information content (AvgIpc) is 3.05. The van der Waals surface area contributed by atoms with E-state index < -0.39 is 19.8 Å². The first kappa shape index (κ1) is 43.2. The zero-order valence-corrected chi connectivity index (χ0v) is 37.1. The Labute approximate surface area is 336 Å². The molecule has 0 saturated carbocycles. The van der Waals surface area contributed by atoms with Crippen molar-refractivity contribution in [1.29, 1.82) is 0 Å². The van der Waals surface area contributed by atoms with E-state index in [-0.39, 0.29) is 31.9 Å². The molecule has 0 aliphatic heterocycles. The number of ether oxygens (including phenoxy) is 1. The van der Waals surface area contributed by atoms with Crippen molar-refractivity contribution in [3.63, 3.8) is 0 Å². The molecule has 0 radical (unpaired) electrons. The van der Waals surface area contributed by atoms with Crippen molar-refractivity contribution < 1.29 is 39.0 Å². The van der Waals surface area contributed by atoms with Gasteiger partial charge in [-0.25, -0.2) is 0 Å². The average molecular weight is 930 g/mol. The monoisotopic (exact) mass is 929 g/mol. The largest absolute Gasteiger partial charge is 2.00 e. The molecule has 0 fully saturated rings. The van der Waals surface area contributed by atoms with E-state index in [1.807, 2.05) is 44.0 Å². The fraction of sp³-hybridized carbons (Fsp3) is 0.391. The van der Waals surface area contributed by atoms with Crippen LogP contribution in [0.4, 0.5) is 13.2 Å². The minimum absolute atomic E-state index is 0. The van der Waals surface area contributed by atoms with E-state index in [0.717, 1.165) is 34.1 Å². The molecular formula is C46H53F3N2OPtSi. The van der Waals surface area contributed by atoms with Crippen LogP contribution in [-0.2, 0) is 38.1 Å². The fourth-order valence-electron chi connectivity index (χ4n) is 6.52. The molecule has 8 heteroatoms. The van der Waals surface area contributed by atoms with Gasteiger partial charge in [0, 0.05) is 23.9 Å². The van der Waals surface area contributed by atoms with Crippen LogP contribution in [0.2, 0.25) is 19.6 Å². The van der Waals surface area contributed by atoms with E-state index in [9.17, 15) is 13.2 Å². The molecule has 0 bridgehead atoms. The van der Waals surface area contributed by atoms with Crippen molar-refractivity contribution in [3.05, 3.63) is 113 Å². The van der Waals surface area contributed by atoms with Crippen LogP contribution < -0.4 is 9.92 Å². The third-order valence-electron chi connectivity index (χ3n) is 9.63. The fourth-order valence-corrected chi connectivity index (χ4v) is 8.11. The van der Waals surface area contributed by atoms with Crippen LogP contribution in [0.5, 0.6) is 11.5 Å². The second kappa shape index (κ2) is 15.9. The number of hydrogen-bond acceptors (Lipinski definition) is 3. The molecule has 0 saturated heterocycles. The zero-order chi connectivity index (χ0) is 39.3. The number of rotatable bonds is 8. The molecule has 0 atom stereocenters. The van der Waals surface area contributed by atoms with Gasteiger partial charge >= 0.3 is 27.2 Å². The summed E-state index contributed by atoms with van der Waals surface area (Å²) in [5.74, 6) is 1.63. The molecule has 2 aromatic heterocycles. The SMILES string of the molecule is CC(C)c1cccc(C(C)C)c1-c1ccnc(-c2[c-]c(Oc3[c-]c(-c4cc([Si](C)(C)C)c(C(F)(F)F)cn4)cc(C(C)(C)C)c3)cc(C(C)(C)C)c2)c1.[Pt+2]. The van der Waals surface area contributed by atoms with Crippen LogP contribution in [-0.4, -0.2) is 18.0 Å². The number of nitrogens with zero attached hydrogens (tertiary/aromatic N) is 2. The van der Waals surface area contributed by atoms with Gasteiger partial charge in [-0.1, -0.05) is 149 Å². The smallest absolute Gasteiger partial charge is 0.497 e. The topological polar surface area (TPSA) is 35.0 Å². The molecule has 0 amide bonds. The van der Waals surface area contributed by atoms with Crippen LogP contribution in [0.3, 0.4) is 0 Å². The van der Waals surface area contributed by atoms with E-state index in [4.69, 9.17) is 9.72 Å². The van der Waals surface area contributed by atoms with Crippen molar-refractivity contribution in [1.82, 2.24) is 9.97 Å². The molecule has 0 unspecified atom stereocenters. The quantitative estimate of drug-likeness (QED) is 0.115. The molecule has 288 valence electrons. The Morgan fingerprint density at radius 3 is 1.57 bits per heavy atom. The van der Waals surface area contributed by atoms with Crippen LogP contribution in [0.25, 0.3) is 33.6 Å². The Hall–Kier alpha value is -3.54. The summed E-state index contributed by atoms with van der Waals surface area (Å²) in [5.41, 5.74) is 8.38. The molecule has 0 aliphatic rings. The maximum absolute atomic E-state index is 14.1. The summed E-state index contributed by atoms with van der Waals surface area (Å²) in [7, 11) is -2.40. The molecule has 0 aliphatic carbocycles. The Balaban J connectivity index is 0.00000650. The number of halogens is 3. The summed E-state index contributed by atoms with van der Waals surface area (Å²) >= 11 is 0. The normalized spacial score (nSPS) is 12.6. The van der Waals surface area contributed by atoms with Crippen LogP contribution >= 0.6 is 0 Å². The maximum Gasteiger partial charge on any atom is 2.00 e. The second-order valence-corrected chi connectivity index (χ2v) is 22.8. The van der Waals surface area contributed by atoms with E-state index in [1.54, 1.807) is 6.07 Å². The summed E-state index contributed by atoms with van der Waals surface area (Å²) in [6.07, 6.45) is -1.65. The van der Waals surface area contributed by atoms with Gasteiger partial charge in [0.25, 0.3) is 0 Å². The van der Waals surface area contributed by atoms with Crippen LogP contribution in [0.1, 0.15) is 109 Å². The first-order valence-electron chi connectivity index (χ1n) is 18.4. The van der Waals surface area contributed by atoms with Gasteiger partial charge in [-0.2, -0.15) is 13.2 Å². The first-order chi connectivity index (χ1) is 24.4. The van der Waals surface area contributed by atoms with Gasteiger partial charge < -0.3 is 14.7 Å². The van der Waals surface area contributed by atoms with Crippen molar-refractivity contribution >= 4 is 13.3 Å². The first-order valence-corrected chi connectivity index (χ1v) is 21.9. The minimum atomic E-state index is -4.49. The molecule has 5 rings (SSSR count). The summed E-state index contributed by atoms with van der Waals surface area (Å²) in [6.45, 7) is 27.4. The van der Waals surface area contributed by atoms with E-state index in [0.29, 0.717) is 39.8 Å². The molecule has 0 spiro atoms. The van der Waals surface area contributed by atoms with Crippen molar-refractivity contribution in [2.75, 3.05) is 0 Å². The van der Waals surface area contributed by atoms with Crippen LogP contribution in [0, 0.1) is 12.1 Å². The summed E-state index contributed by atoms with van der Waals surface area (Å²) in [6, 6.07) is 27.3. The zero-order valence-electron chi connectivity index (χ0n) is 33.8. The number of alkyl halides is 3. The number of aromatic nitrogens is 2. The molecule has 3 aromatic carbocycles. The van der Waals surface area contributed by atoms with Gasteiger partial charge in [0.2, 0.25) is 0 Å². The Kier molecular flexibility index (Phi) is 12.7. The number of pyridine rings is 2. The third kappa shape index (κ3) is 9.81. The molecule has 0 N–H and O–H groups in total. The van der Waals surface area contributed by atoms with Gasteiger partial charge in [-0.15, -0.1) is 34.4 Å². The number of hydrogen-bond donors (Lipinski definition) is 0. The Morgan fingerprint density at radius 1 is 0.667 bits per heavy atom. The standard InChI is InChI=1S/C46H53F3N2OSi.Pt/c1-28(2)37-15-14-16-38(29(3)4)43(37)30-17-18-50-40(23-30)31-19-33(44(5,6)7)24-35(21-31)52-36-22-32(20-34(25-36)45(8,9)10)41-26-42(53(11,12)13)39(27-51-41)46(47,48)49;/h14-20,23-29H,1-13H3;/q-2;+2. The molecule has 3 nitrogen and oxygen atoms in total. The molecule has 5 aromatic rings. The van der Waals surface area contributed by atoms with E-state index >= 15 is 0 Å². The predicted octanol–water partition coefficient (Wildman–Crippen LogP) is 13.3. The van der Waals surface area contributed by atoms with Gasteiger partial charge in [-0.3, -0.25) is 0 Å². The van der Waals surface area contributed by atoms with Crippen molar-refractivity contribution in [2.24, 2.45) is 0 Å². The predicted molar refractivity (Wildman–Crippen MR) is 216 cm³/mol. The van der Waals surface area contributed by atoms with Gasteiger partial charge in [0.15, 0.2) is 0 Å². The maximum atomic E-state index is 14.1. The molecule has 54 heavy (non-hydrogen) atoms. The van der Waals surface area contributed by atoms with E-state index in [2.05, 4.69) is 123 Å². The van der Waals surface area contributed by atoms with Gasteiger partial charge in [0.05, 0.1) is 13.6 Å². The summed E-state index contributed by atoms with van der Waals surface area (Å²) < 4.78 is 48.8. The van der Waals surface area contributed by atoms with Gasteiger partial charge in [0.1, 0.15) is 0 Å². The number of benzene rings is 3. The van der Waals surface area contributed by atoms with E-state index in [1.165, 1.54) is 16.7 Å². The minimum Gasteiger partial charge on any atom is -0.497 e. The van der Waals surface area contributed by atoms with Crippen molar-refractivity contribution in [3.8, 4) is 45.1 Å². The summed E-state index contributed by atoms with van der Waals surface area (Å²) in [4.78, 5) is 9.16.